The number of benzene rings is 2. The molecular weight excluding hydrogens is 292 g/mol. The van der Waals surface area contributed by atoms with E-state index in [9.17, 15) is 15.0 Å². The standard InChI is InChI=1S/C19H18O4/c1-19(2,3)12-6-4-11(5-7-12)8-16-18(22)17-14(21)9-13(20)10-15(17)23-16/h4-10,20-21H,1-3H3. The Balaban J connectivity index is 1.93. The summed E-state index contributed by atoms with van der Waals surface area (Å²) in [5.74, 6) is -0.520. The minimum Gasteiger partial charge on any atom is -0.508 e. The second kappa shape index (κ2) is 5.16. The summed E-state index contributed by atoms with van der Waals surface area (Å²) in [5, 5.41) is 19.3. The molecule has 0 fully saturated rings. The van der Waals surface area contributed by atoms with Crippen LogP contribution in [0.4, 0.5) is 0 Å². The van der Waals surface area contributed by atoms with Gasteiger partial charge in [0.25, 0.3) is 0 Å². The van der Waals surface area contributed by atoms with Crippen molar-refractivity contribution in [2.45, 2.75) is 26.2 Å². The number of rotatable bonds is 1. The fraction of sp³-hybridized carbons (Fsp3) is 0.211. The number of phenolic OH excluding ortho intramolecular Hbond substituents is 2. The molecule has 0 atom stereocenters. The molecule has 1 heterocycles. The molecule has 0 unspecified atom stereocenters. The molecule has 0 bridgehead atoms. The fourth-order valence-electron chi connectivity index (χ4n) is 2.51. The first-order valence-corrected chi connectivity index (χ1v) is 7.36. The van der Waals surface area contributed by atoms with Gasteiger partial charge < -0.3 is 14.9 Å². The maximum atomic E-state index is 12.3. The van der Waals surface area contributed by atoms with Crippen molar-refractivity contribution >= 4 is 11.9 Å². The number of carbonyl (C=O) groups is 1. The first-order valence-electron chi connectivity index (χ1n) is 7.36. The number of ketones is 1. The molecule has 0 spiro atoms. The Morgan fingerprint density at radius 2 is 1.70 bits per heavy atom. The maximum Gasteiger partial charge on any atom is 0.235 e. The third-order valence-corrected chi connectivity index (χ3v) is 3.81. The van der Waals surface area contributed by atoms with E-state index in [0.29, 0.717) is 0 Å². The van der Waals surface area contributed by atoms with Gasteiger partial charge in [0, 0.05) is 12.1 Å². The van der Waals surface area contributed by atoms with E-state index in [0.717, 1.165) is 11.6 Å². The molecule has 4 nitrogen and oxygen atoms in total. The quantitative estimate of drug-likeness (QED) is 0.781. The number of hydrogen-bond acceptors (Lipinski definition) is 4. The smallest absolute Gasteiger partial charge is 0.235 e. The summed E-state index contributed by atoms with van der Waals surface area (Å²) < 4.78 is 5.47. The van der Waals surface area contributed by atoms with Crippen LogP contribution in [0.25, 0.3) is 6.08 Å². The summed E-state index contributed by atoms with van der Waals surface area (Å²) in [4.78, 5) is 12.3. The Kier molecular flexibility index (Phi) is 3.40. The van der Waals surface area contributed by atoms with Gasteiger partial charge in [0.15, 0.2) is 5.76 Å². The van der Waals surface area contributed by atoms with Crippen LogP contribution in [0.1, 0.15) is 42.3 Å². The van der Waals surface area contributed by atoms with Crippen molar-refractivity contribution in [3.05, 3.63) is 58.8 Å². The highest BCUT2D eigenvalue weighted by Gasteiger charge is 2.31. The summed E-state index contributed by atoms with van der Waals surface area (Å²) >= 11 is 0. The van der Waals surface area contributed by atoms with Gasteiger partial charge in [0.05, 0.1) is 0 Å². The molecule has 118 valence electrons. The van der Waals surface area contributed by atoms with Gasteiger partial charge >= 0.3 is 0 Å². The van der Waals surface area contributed by atoms with Crippen LogP contribution in [0, 0.1) is 0 Å². The van der Waals surface area contributed by atoms with Gasteiger partial charge in [-0.1, -0.05) is 45.0 Å². The molecule has 2 aromatic carbocycles. The molecule has 1 aliphatic heterocycles. The van der Waals surface area contributed by atoms with Crippen molar-refractivity contribution in [2.75, 3.05) is 0 Å². The minimum atomic E-state index is -0.391. The van der Waals surface area contributed by atoms with Crippen molar-refractivity contribution in [3.63, 3.8) is 0 Å². The summed E-state index contributed by atoms with van der Waals surface area (Å²) in [5.41, 5.74) is 2.17. The van der Waals surface area contributed by atoms with E-state index in [1.807, 2.05) is 24.3 Å². The Hall–Kier alpha value is -2.75. The number of phenols is 2. The van der Waals surface area contributed by atoms with Crippen LogP contribution in [0.15, 0.2) is 42.2 Å². The zero-order valence-electron chi connectivity index (χ0n) is 13.3. The average Bonchev–Trinajstić information content (AvgIpc) is 2.74. The lowest BCUT2D eigenvalue weighted by molar-refractivity contribution is 0.101. The lowest BCUT2D eigenvalue weighted by Crippen LogP contribution is -2.10. The predicted octanol–water partition coefficient (Wildman–Crippen LogP) is 4.01. The summed E-state index contributed by atoms with van der Waals surface area (Å²) in [6.07, 6.45) is 1.63. The van der Waals surface area contributed by atoms with Gasteiger partial charge in [-0.2, -0.15) is 0 Å². The Bertz CT molecular complexity index is 808. The van der Waals surface area contributed by atoms with E-state index < -0.39 is 5.78 Å². The molecule has 4 heteroatoms. The van der Waals surface area contributed by atoms with Gasteiger partial charge in [-0.25, -0.2) is 0 Å². The van der Waals surface area contributed by atoms with Crippen LogP contribution in [0.3, 0.4) is 0 Å². The van der Waals surface area contributed by atoms with Crippen LogP contribution < -0.4 is 4.74 Å². The largest absolute Gasteiger partial charge is 0.508 e. The molecular formula is C19H18O4. The first-order chi connectivity index (χ1) is 10.8. The summed E-state index contributed by atoms with van der Waals surface area (Å²) in [6.45, 7) is 6.40. The monoisotopic (exact) mass is 310 g/mol. The number of aromatic hydroxyl groups is 2. The predicted molar refractivity (Wildman–Crippen MR) is 87.8 cm³/mol. The summed E-state index contributed by atoms with van der Waals surface area (Å²) in [7, 11) is 0. The molecule has 2 aromatic rings. The molecule has 2 N–H and O–H groups in total. The molecule has 3 rings (SSSR count). The molecule has 0 aromatic heterocycles. The molecule has 0 aliphatic carbocycles. The van der Waals surface area contributed by atoms with Crippen LogP contribution in [0.5, 0.6) is 17.2 Å². The zero-order valence-corrected chi connectivity index (χ0v) is 13.3. The highest BCUT2D eigenvalue weighted by atomic mass is 16.5. The maximum absolute atomic E-state index is 12.3. The molecule has 0 radical (unpaired) electrons. The van der Waals surface area contributed by atoms with Crippen LogP contribution >= 0.6 is 0 Å². The van der Waals surface area contributed by atoms with E-state index in [1.54, 1.807) is 6.08 Å². The Morgan fingerprint density at radius 1 is 1.04 bits per heavy atom. The topological polar surface area (TPSA) is 66.8 Å². The number of Topliss-reactive ketones (excluding diaryl/α,β-unsaturated/α-hetero) is 1. The molecule has 0 saturated heterocycles. The van der Waals surface area contributed by atoms with E-state index in [2.05, 4.69) is 20.8 Å². The second-order valence-electron chi connectivity index (χ2n) is 6.65. The van der Waals surface area contributed by atoms with Crippen molar-refractivity contribution in [2.24, 2.45) is 0 Å². The lowest BCUT2D eigenvalue weighted by Gasteiger charge is -2.18. The second-order valence-corrected chi connectivity index (χ2v) is 6.65. The normalized spacial score (nSPS) is 15.6. The fourth-order valence-corrected chi connectivity index (χ4v) is 2.51. The van der Waals surface area contributed by atoms with Gasteiger partial charge in [-0.3, -0.25) is 4.79 Å². The Labute approximate surface area is 134 Å². The van der Waals surface area contributed by atoms with E-state index in [4.69, 9.17) is 4.74 Å². The first kappa shape index (κ1) is 15.2. The molecule has 0 amide bonds. The number of ether oxygens (including phenoxy) is 1. The third kappa shape index (κ3) is 2.80. The highest BCUT2D eigenvalue weighted by Crippen LogP contribution is 2.40. The highest BCUT2D eigenvalue weighted by molar-refractivity contribution is 6.16. The van der Waals surface area contributed by atoms with Crippen LogP contribution in [-0.4, -0.2) is 16.0 Å². The van der Waals surface area contributed by atoms with E-state index >= 15 is 0 Å². The van der Waals surface area contributed by atoms with Crippen molar-refractivity contribution in [1.29, 1.82) is 0 Å². The number of hydrogen-bond donors (Lipinski definition) is 2. The molecule has 0 saturated carbocycles. The van der Waals surface area contributed by atoms with E-state index in [-0.39, 0.29) is 34.0 Å². The lowest BCUT2D eigenvalue weighted by atomic mass is 9.86. The molecule has 1 aliphatic rings. The SMILES string of the molecule is CC(C)(C)c1ccc(C=C2Oc3cc(O)cc(O)c3C2=O)cc1. The van der Waals surface area contributed by atoms with Gasteiger partial charge in [-0.05, 0) is 22.6 Å². The van der Waals surface area contributed by atoms with Crippen molar-refractivity contribution in [3.8, 4) is 17.2 Å². The van der Waals surface area contributed by atoms with Crippen molar-refractivity contribution in [1.82, 2.24) is 0 Å². The number of fused-ring (bicyclic) bond motifs is 1. The van der Waals surface area contributed by atoms with Gasteiger partial charge in [0.2, 0.25) is 5.78 Å². The van der Waals surface area contributed by atoms with Gasteiger partial charge in [-0.15, -0.1) is 0 Å². The third-order valence-electron chi connectivity index (χ3n) is 3.81. The minimum absolute atomic E-state index is 0.0604. The van der Waals surface area contributed by atoms with Crippen LogP contribution in [0.2, 0.25) is 0 Å². The number of allylic oxidation sites excluding steroid dienone is 1. The van der Waals surface area contributed by atoms with E-state index in [1.165, 1.54) is 11.6 Å². The molecule has 23 heavy (non-hydrogen) atoms. The van der Waals surface area contributed by atoms with Gasteiger partial charge in [0.1, 0.15) is 22.8 Å². The average molecular weight is 310 g/mol. The zero-order chi connectivity index (χ0) is 16.8. The van der Waals surface area contributed by atoms with Crippen molar-refractivity contribution < 1.29 is 19.7 Å². The summed E-state index contributed by atoms with van der Waals surface area (Å²) in [6, 6.07) is 10.3. The van der Waals surface area contributed by atoms with Crippen LogP contribution in [-0.2, 0) is 5.41 Å². The Morgan fingerprint density at radius 3 is 2.30 bits per heavy atom. The number of carbonyl (C=O) groups excluding carboxylic acids is 1.